The highest BCUT2D eigenvalue weighted by Crippen LogP contribution is 2.32. The second-order valence-corrected chi connectivity index (χ2v) is 5.44. The molecule has 6 nitrogen and oxygen atoms in total. The number of rotatable bonds is 7. The van der Waals surface area contributed by atoms with E-state index in [1.165, 1.54) is 7.11 Å². The molecule has 0 saturated carbocycles. The van der Waals surface area contributed by atoms with Crippen molar-refractivity contribution < 1.29 is 19.1 Å². The van der Waals surface area contributed by atoms with Crippen LogP contribution in [0.1, 0.15) is 22.3 Å². The fourth-order valence-corrected chi connectivity index (χ4v) is 2.31. The predicted molar refractivity (Wildman–Crippen MR) is 96.3 cm³/mol. The zero-order valence-electron chi connectivity index (χ0n) is 14.6. The molecule has 0 heterocycles. The molecule has 2 aromatic carbocycles. The van der Waals surface area contributed by atoms with Gasteiger partial charge in [-0.25, -0.2) is 0 Å². The molecule has 0 spiro atoms. The summed E-state index contributed by atoms with van der Waals surface area (Å²) in [6.45, 7) is 2.13. The standard InChI is InChI=1S/C19H22N2O4/c1-13-11-16(24-2)17(25-3)12-15(13)21-18(22)9-10-20-19(23)14-7-5-4-6-8-14/h4-8,11-12H,9-10H2,1-3H3,(H,20,23)(H,21,22). The van der Waals surface area contributed by atoms with E-state index in [4.69, 9.17) is 9.47 Å². The largest absolute Gasteiger partial charge is 0.493 e. The van der Waals surface area contributed by atoms with Gasteiger partial charge in [0.2, 0.25) is 5.91 Å². The Balaban J connectivity index is 1.89. The first-order valence-corrected chi connectivity index (χ1v) is 7.91. The molecule has 0 bridgehead atoms. The van der Waals surface area contributed by atoms with Crippen molar-refractivity contribution in [1.29, 1.82) is 0 Å². The summed E-state index contributed by atoms with van der Waals surface area (Å²) in [4.78, 5) is 24.0. The number of anilines is 1. The molecular weight excluding hydrogens is 320 g/mol. The maximum absolute atomic E-state index is 12.1. The minimum Gasteiger partial charge on any atom is -0.493 e. The molecule has 0 aliphatic heterocycles. The topological polar surface area (TPSA) is 76.7 Å². The van der Waals surface area contributed by atoms with Gasteiger partial charge in [-0.15, -0.1) is 0 Å². The third-order valence-electron chi connectivity index (χ3n) is 3.68. The lowest BCUT2D eigenvalue weighted by Crippen LogP contribution is -2.27. The Morgan fingerprint density at radius 2 is 1.64 bits per heavy atom. The van der Waals surface area contributed by atoms with Crippen LogP contribution >= 0.6 is 0 Å². The summed E-state index contributed by atoms with van der Waals surface area (Å²) in [6.07, 6.45) is 0.173. The summed E-state index contributed by atoms with van der Waals surface area (Å²) in [6, 6.07) is 12.4. The maximum atomic E-state index is 12.1. The van der Waals surface area contributed by atoms with Crippen molar-refractivity contribution in [2.75, 3.05) is 26.1 Å². The van der Waals surface area contributed by atoms with Crippen molar-refractivity contribution >= 4 is 17.5 Å². The van der Waals surface area contributed by atoms with Crippen molar-refractivity contribution in [3.63, 3.8) is 0 Å². The summed E-state index contributed by atoms with van der Waals surface area (Å²) >= 11 is 0. The fourth-order valence-electron chi connectivity index (χ4n) is 2.31. The monoisotopic (exact) mass is 342 g/mol. The van der Waals surface area contributed by atoms with E-state index >= 15 is 0 Å². The van der Waals surface area contributed by atoms with Crippen LogP contribution < -0.4 is 20.1 Å². The Bertz CT molecular complexity index is 745. The first-order chi connectivity index (χ1) is 12.0. The van der Waals surface area contributed by atoms with Gasteiger partial charge < -0.3 is 20.1 Å². The van der Waals surface area contributed by atoms with Gasteiger partial charge in [-0.05, 0) is 30.7 Å². The predicted octanol–water partition coefficient (Wildman–Crippen LogP) is 2.77. The van der Waals surface area contributed by atoms with Gasteiger partial charge >= 0.3 is 0 Å². The number of nitrogens with one attached hydrogen (secondary N) is 2. The smallest absolute Gasteiger partial charge is 0.251 e. The molecule has 0 aromatic heterocycles. The quantitative estimate of drug-likeness (QED) is 0.811. The molecule has 0 aliphatic rings. The number of carbonyl (C=O) groups excluding carboxylic acids is 2. The lowest BCUT2D eigenvalue weighted by molar-refractivity contribution is -0.116. The molecule has 0 saturated heterocycles. The highest BCUT2D eigenvalue weighted by molar-refractivity contribution is 5.95. The third kappa shape index (κ3) is 4.97. The van der Waals surface area contributed by atoms with E-state index in [0.29, 0.717) is 22.7 Å². The molecule has 0 aliphatic carbocycles. The highest BCUT2D eigenvalue weighted by atomic mass is 16.5. The van der Waals surface area contributed by atoms with Gasteiger partial charge in [0.15, 0.2) is 11.5 Å². The van der Waals surface area contributed by atoms with Gasteiger partial charge in [0.1, 0.15) is 0 Å². The lowest BCUT2D eigenvalue weighted by atomic mass is 10.1. The molecular formula is C19H22N2O4. The van der Waals surface area contributed by atoms with E-state index in [9.17, 15) is 9.59 Å². The van der Waals surface area contributed by atoms with E-state index in [0.717, 1.165) is 5.56 Å². The average molecular weight is 342 g/mol. The molecule has 0 fully saturated rings. The number of benzene rings is 2. The minimum absolute atomic E-state index is 0.173. The van der Waals surface area contributed by atoms with Crippen LogP contribution in [0.3, 0.4) is 0 Å². The zero-order valence-corrected chi connectivity index (χ0v) is 14.6. The number of ether oxygens (including phenoxy) is 2. The van der Waals surface area contributed by atoms with E-state index < -0.39 is 0 Å². The number of carbonyl (C=O) groups is 2. The Morgan fingerprint density at radius 3 is 2.28 bits per heavy atom. The molecule has 0 radical (unpaired) electrons. The van der Waals surface area contributed by atoms with Crippen LogP contribution in [0.15, 0.2) is 42.5 Å². The van der Waals surface area contributed by atoms with Crippen LogP contribution in [0.5, 0.6) is 11.5 Å². The molecule has 0 unspecified atom stereocenters. The van der Waals surface area contributed by atoms with Crippen LogP contribution in [-0.4, -0.2) is 32.6 Å². The molecule has 0 atom stereocenters. The van der Waals surface area contributed by atoms with Gasteiger partial charge in [-0.3, -0.25) is 9.59 Å². The fraction of sp³-hybridized carbons (Fsp3) is 0.263. The second kappa shape index (κ2) is 8.73. The van der Waals surface area contributed by atoms with Crippen LogP contribution in [-0.2, 0) is 4.79 Å². The van der Waals surface area contributed by atoms with Gasteiger partial charge in [0, 0.05) is 30.3 Å². The molecule has 6 heteroatoms. The molecule has 25 heavy (non-hydrogen) atoms. The van der Waals surface area contributed by atoms with E-state index in [1.54, 1.807) is 43.5 Å². The first-order valence-electron chi connectivity index (χ1n) is 7.91. The Morgan fingerprint density at radius 1 is 1.00 bits per heavy atom. The van der Waals surface area contributed by atoms with Crippen LogP contribution in [0, 0.1) is 6.92 Å². The number of aryl methyl sites for hydroxylation is 1. The van der Waals surface area contributed by atoms with Crippen LogP contribution in [0.2, 0.25) is 0 Å². The van der Waals surface area contributed by atoms with Gasteiger partial charge in [-0.1, -0.05) is 18.2 Å². The number of hydrogen-bond acceptors (Lipinski definition) is 4. The number of hydrogen-bond donors (Lipinski definition) is 2. The summed E-state index contributed by atoms with van der Waals surface area (Å²) in [5, 5.41) is 5.55. The lowest BCUT2D eigenvalue weighted by Gasteiger charge is -2.13. The van der Waals surface area contributed by atoms with Gasteiger partial charge in [0.05, 0.1) is 14.2 Å². The average Bonchev–Trinajstić information content (AvgIpc) is 2.63. The van der Waals surface area contributed by atoms with Crippen molar-refractivity contribution in [3.05, 3.63) is 53.6 Å². The van der Waals surface area contributed by atoms with Crippen molar-refractivity contribution in [2.24, 2.45) is 0 Å². The first kappa shape index (κ1) is 18.3. The Labute approximate surface area is 147 Å². The van der Waals surface area contributed by atoms with Crippen LogP contribution in [0.25, 0.3) is 0 Å². The van der Waals surface area contributed by atoms with Gasteiger partial charge in [0.25, 0.3) is 5.91 Å². The van der Waals surface area contributed by atoms with Crippen molar-refractivity contribution in [3.8, 4) is 11.5 Å². The molecule has 2 rings (SSSR count). The normalized spacial score (nSPS) is 10.0. The zero-order chi connectivity index (χ0) is 18.2. The Kier molecular flexibility index (Phi) is 6.39. The van der Waals surface area contributed by atoms with E-state index in [-0.39, 0.29) is 24.8 Å². The SMILES string of the molecule is COc1cc(C)c(NC(=O)CCNC(=O)c2ccccc2)cc1OC. The minimum atomic E-state index is -0.198. The molecule has 2 N–H and O–H groups in total. The Hall–Kier alpha value is -3.02. The van der Waals surface area contributed by atoms with E-state index in [2.05, 4.69) is 10.6 Å². The van der Waals surface area contributed by atoms with Crippen LogP contribution in [0.4, 0.5) is 5.69 Å². The summed E-state index contributed by atoms with van der Waals surface area (Å²) in [7, 11) is 3.10. The van der Waals surface area contributed by atoms with Crippen molar-refractivity contribution in [2.45, 2.75) is 13.3 Å². The number of methoxy groups -OCH3 is 2. The van der Waals surface area contributed by atoms with Crippen molar-refractivity contribution in [1.82, 2.24) is 5.32 Å². The van der Waals surface area contributed by atoms with E-state index in [1.807, 2.05) is 13.0 Å². The second-order valence-electron chi connectivity index (χ2n) is 5.44. The summed E-state index contributed by atoms with van der Waals surface area (Å²) in [5.41, 5.74) is 2.08. The third-order valence-corrected chi connectivity index (χ3v) is 3.68. The molecule has 2 amide bonds. The highest BCUT2D eigenvalue weighted by Gasteiger charge is 2.11. The molecule has 132 valence electrons. The summed E-state index contributed by atoms with van der Waals surface area (Å²) in [5.74, 6) is 0.758. The summed E-state index contributed by atoms with van der Waals surface area (Å²) < 4.78 is 10.5. The number of amides is 2. The van der Waals surface area contributed by atoms with Gasteiger partial charge in [-0.2, -0.15) is 0 Å². The maximum Gasteiger partial charge on any atom is 0.251 e. The molecule has 2 aromatic rings.